The molecule has 0 spiro atoms. The summed E-state index contributed by atoms with van der Waals surface area (Å²) in [5, 5.41) is 2.61. The van der Waals surface area contributed by atoms with Crippen molar-refractivity contribution < 1.29 is 14.3 Å². The van der Waals surface area contributed by atoms with E-state index in [0.717, 1.165) is 0 Å². The third kappa shape index (κ3) is 2.77. The van der Waals surface area contributed by atoms with Crippen LogP contribution >= 0.6 is 0 Å². The molecule has 0 aromatic carbocycles. The molecule has 1 aliphatic heterocycles. The van der Waals surface area contributed by atoms with E-state index in [1.807, 2.05) is 0 Å². The summed E-state index contributed by atoms with van der Waals surface area (Å²) in [5.74, 6) is 0.167. The fourth-order valence-corrected chi connectivity index (χ4v) is 1.01. The van der Waals surface area contributed by atoms with Crippen molar-refractivity contribution in [3.05, 3.63) is 12.3 Å². The number of ether oxygens (including phenoxy) is 1. The number of amides is 2. The second-order valence-corrected chi connectivity index (χ2v) is 2.84. The van der Waals surface area contributed by atoms with Crippen LogP contribution in [0.25, 0.3) is 0 Å². The molecule has 0 bridgehead atoms. The van der Waals surface area contributed by atoms with Crippen LogP contribution in [0.1, 0.15) is 6.92 Å². The maximum Gasteiger partial charge on any atom is 0.415 e. The molecule has 1 aliphatic rings. The zero-order chi connectivity index (χ0) is 9.84. The van der Waals surface area contributed by atoms with E-state index in [1.54, 1.807) is 6.92 Å². The highest BCUT2D eigenvalue weighted by Gasteiger charge is 2.22. The van der Waals surface area contributed by atoms with Crippen LogP contribution in [0.2, 0.25) is 0 Å². The number of nitrogens with zero attached hydrogens (tertiary/aromatic N) is 1. The van der Waals surface area contributed by atoms with Crippen LogP contribution < -0.4 is 5.32 Å². The van der Waals surface area contributed by atoms with E-state index in [9.17, 15) is 9.59 Å². The number of piperazine rings is 1. The lowest BCUT2D eigenvalue weighted by molar-refractivity contribution is -0.123. The van der Waals surface area contributed by atoms with Crippen molar-refractivity contribution in [1.29, 1.82) is 0 Å². The third-order valence-corrected chi connectivity index (χ3v) is 1.56. The number of carbonyl (C=O) groups excluding carboxylic acids is 2. The Morgan fingerprint density at radius 1 is 1.69 bits per heavy atom. The van der Waals surface area contributed by atoms with Crippen molar-refractivity contribution in [3.63, 3.8) is 0 Å². The van der Waals surface area contributed by atoms with Gasteiger partial charge in [-0.05, 0) is 6.92 Å². The van der Waals surface area contributed by atoms with Crippen LogP contribution in [-0.2, 0) is 9.53 Å². The van der Waals surface area contributed by atoms with E-state index in [-0.39, 0.29) is 12.5 Å². The van der Waals surface area contributed by atoms with Gasteiger partial charge in [-0.1, -0.05) is 6.58 Å². The molecule has 0 radical (unpaired) electrons. The van der Waals surface area contributed by atoms with Gasteiger partial charge in [0.25, 0.3) is 0 Å². The zero-order valence-electron chi connectivity index (χ0n) is 7.50. The Bertz CT molecular complexity index is 250. The summed E-state index contributed by atoms with van der Waals surface area (Å²) in [6.07, 6.45) is -0.512. The largest absolute Gasteiger partial charge is 0.416 e. The first-order valence-electron chi connectivity index (χ1n) is 3.98. The summed E-state index contributed by atoms with van der Waals surface area (Å²) in [7, 11) is 0. The van der Waals surface area contributed by atoms with E-state index in [0.29, 0.717) is 18.8 Å². The van der Waals surface area contributed by atoms with Crippen molar-refractivity contribution >= 4 is 12.0 Å². The van der Waals surface area contributed by atoms with Crippen LogP contribution in [-0.4, -0.2) is 36.5 Å². The van der Waals surface area contributed by atoms with Gasteiger partial charge >= 0.3 is 6.09 Å². The Hall–Kier alpha value is -1.52. The maximum atomic E-state index is 11.2. The van der Waals surface area contributed by atoms with Gasteiger partial charge in [0.1, 0.15) is 6.54 Å². The van der Waals surface area contributed by atoms with Gasteiger partial charge in [-0.25, -0.2) is 4.79 Å². The highest BCUT2D eigenvalue weighted by atomic mass is 16.6. The van der Waals surface area contributed by atoms with E-state index in [1.165, 1.54) is 4.90 Å². The number of carbonyl (C=O) groups is 2. The van der Waals surface area contributed by atoms with Gasteiger partial charge in [-0.15, -0.1) is 0 Å². The summed E-state index contributed by atoms with van der Waals surface area (Å²) < 4.78 is 4.75. The Labute approximate surface area is 76.3 Å². The number of hydrogen-bond donors (Lipinski definition) is 1. The fourth-order valence-electron chi connectivity index (χ4n) is 1.01. The van der Waals surface area contributed by atoms with Crippen LogP contribution in [0.15, 0.2) is 12.3 Å². The van der Waals surface area contributed by atoms with Crippen molar-refractivity contribution in [1.82, 2.24) is 10.2 Å². The molecule has 0 aromatic heterocycles. The van der Waals surface area contributed by atoms with Gasteiger partial charge in [-0.3, -0.25) is 9.69 Å². The summed E-state index contributed by atoms with van der Waals surface area (Å²) in [6.45, 7) is 6.05. The summed E-state index contributed by atoms with van der Waals surface area (Å²) >= 11 is 0. The normalized spacial score (nSPS) is 16.4. The molecule has 1 rings (SSSR count). The van der Waals surface area contributed by atoms with Gasteiger partial charge in [0, 0.05) is 13.1 Å². The molecule has 1 saturated heterocycles. The molecule has 0 saturated carbocycles. The lowest BCUT2D eigenvalue weighted by atomic mass is 10.4. The minimum Gasteiger partial charge on any atom is -0.416 e. The predicted molar refractivity (Wildman–Crippen MR) is 45.9 cm³/mol. The number of nitrogens with one attached hydrogen (secondary N) is 1. The van der Waals surface area contributed by atoms with E-state index < -0.39 is 6.09 Å². The highest BCUT2D eigenvalue weighted by Crippen LogP contribution is 2.01. The summed E-state index contributed by atoms with van der Waals surface area (Å²) in [4.78, 5) is 23.4. The monoisotopic (exact) mass is 184 g/mol. The third-order valence-electron chi connectivity index (χ3n) is 1.56. The first kappa shape index (κ1) is 9.57. The quantitative estimate of drug-likeness (QED) is 0.587. The predicted octanol–water partition coefficient (Wildman–Crippen LogP) is 0.0884. The van der Waals surface area contributed by atoms with E-state index >= 15 is 0 Å². The minimum absolute atomic E-state index is 0.0616. The van der Waals surface area contributed by atoms with Crippen molar-refractivity contribution in [3.8, 4) is 0 Å². The smallest absolute Gasteiger partial charge is 0.415 e. The van der Waals surface area contributed by atoms with Crippen molar-refractivity contribution in [2.75, 3.05) is 19.6 Å². The SMILES string of the molecule is C=C(C)OC(=O)N1CCNC(=O)C1. The zero-order valence-corrected chi connectivity index (χ0v) is 7.50. The second-order valence-electron chi connectivity index (χ2n) is 2.84. The van der Waals surface area contributed by atoms with Crippen LogP contribution in [0.3, 0.4) is 0 Å². The number of allylic oxidation sites excluding steroid dienone is 1. The van der Waals surface area contributed by atoms with Gasteiger partial charge in [0.05, 0.1) is 5.76 Å². The van der Waals surface area contributed by atoms with Crippen molar-refractivity contribution in [2.24, 2.45) is 0 Å². The first-order chi connectivity index (χ1) is 6.09. The highest BCUT2D eigenvalue weighted by molar-refractivity contribution is 5.83. The average Bonchev–Trinajstić information content (AvgIpc) is 2.03. The minimum atomic E-state index is -0.512. The molecule has 5 heteroatoms. The van der Waals surface area contributed by atoms with Crippen molar-refractivity contribution in [2.45, 2.75) is 6.92 Å². The van der Waals surface area contributed by atoms with Gasteiger partial charge in [-0.2, -0.15) is 0 Å². The van der Waals surface area contributed by atoms with Crippen LogP contribution in [0.4, 0.5) is 4.79 Å². The van der Waals surface area contributed by atoms with E-state index in [4.69, 9.17) is 4.74 Å². The Morgan fingerprint density at radius 3 is 2.92 bits per heavy atom. The molecule has 0 atom stereocenters. The van der Waals surface area contributed by atoms with Gasteiger partial charge in [0.15, 0.2) is 0 Å². The molecule has 2 amide bonds. The van der Waals surface area contributed by atoms with Gasteiger partial charge in [0.2, 0.25) is 5.91 Å². The first-order valence-corrected chi connectivity index (χ1v) is 3.98. The fraction of sp³-hybridized carbons (Fsp3) is 0.500. The average molecular weight is 184 g/mol. The van der Waals surface area contributed by atoms with E-state index in [2.05, 4.69) is 11.9 Å². The standard InChI is InChI=1S/C8H12N2O3/c1-6(2)13-8(12)10-4-3-9-7(11)5-10/h1,3-5H2,2H3,(H,9,11). The van der Waals surface area contributed by atoms with Crippen LogP contribution in [0.5, 0.6) is 0 Å². The molecule has 1 fully saturated rings. The molecular formula is C8H12N2O3. The molecule has 0 aliphatic carbocycles. The summed E-state index contributed by atoms with van der Waals surface area (Å²) in [5.41, 5.74) is 0. The van der Waals surface area contributed by atoms with Crippen LogP contribution in [0, 0.1) is 0 Å². The topological polar surface area (TPSA) is 58.6 Å². The Balaban J connectivity index is 2.46. The second kappa shape index (κ2) is 3.93. The summed E-state index contributed by atoms with van der Waals surface area (Å²) in [6, 6.07) is 0. The number of rotatable bonds is 1. The molecule has 72 valence electrons. The molecule has 13 heavy (non-hydrogen) atoms. The molecular weight excluding hydrogens is 172 g/mol. The van der Waals surface area contributed by atoms with Gasteiger partial charge < -0.3 is 10.1 Å². The number of hydrogen-bond acceptors (Lipinski definition) is 3. The molecule has 1 heterocycles. The molecule has 1 N–H and O–H groups in total. The molecule has 5 nitrogen and oxygen atoms in total. The Morgan fingerprint density at radius 2 is 2.38 bits per heavy atom. The lowest BCUT2D eigenvalue weighted by Gasteiger charge is -2.25. The molecule has 0 unspecified atom stereocenters. The Kier molecular flexibility index (Phi) is 2.89. The molecule has 0 aromatic rings. The lowest BCUT2D eigenvalue weighted by Crippen LogP contribution is -2.50. The maximum absolute atomic E-state index is 11.2.